The van der Waals surface area contributed by atoms with E-state index in [0.29, 0.717) is 25.9 Å². The Morgan fingerprint density at radius 1 is 1.26 bits per heavy atom. The number of benzene rings is 1. The molecule has 2 heterocycles. The van der Waals surface area contributed by atoms with Crippen molar-refractivity contribution in [2.45, 2.75) is 26.7 Å². The van der Waals surface area contributed by atoms with Gasteiger partial charge in [-0.2, -0.15) is 0 Å². The highest BCUT2D eigenvalue weighted by atomic mass is 16.2. The van der Waals surface area contributed by atoms with E-state index in [-0.39, 0.29) is 17.7 Å². The first-order chi connectivity index (χ1) is 11.0. The van der Waals surface area contributed by atoms with Gasteiger partial charge in [-0.15, -0.1) is 0 Å². The SMILES string of the molecule is CC(=O)N1CCC(C(=O)Nc2cc(C)cc3cccnc23)CC1. The van der Waals surface area contributed by atoms with Crippen molar-refractivity contribution in [1.82, 2.24) is 9.88 Å². The average molecular weight is 311 g/mol. The molecular weight excluding hydrogens is 290 g/mol. The second-order valence-corrected chi connectivity index (χ2v) is 6.16. The van der Waals surface area contributed by atoms with Crippen LogP contribution in [0.5, 0.6) is 0 Å². The number of carbonyl (C=O) groups excluding carboxylic acids is 2. The van der Waals surface area contributed by atoms with Gasteiger partial charge in [0.2, 0.25) is 11.8 Å². The van der Waals surface area contributed by atoms with Crippen LogP contribution >= 0.6 is 0 Å². The summed E-state index contributed by atoms with van der Waals surface area (Å²) in [6.07, 6.45) is 3.16. The predicted molar refractivity (Wildman–Crippen MR) is 90.1 cm³/mol. The summed E-state index contributed by atoms with van der Waals surface area (Å²) < 4.78 is 0. The normalized spacial score (nSPS) is 15.7. The number of piperidine rings is 1. The minimum absolute atomic E-state index is 0.0192. The van der Waals surface area contributed by atoms with Crippen LogP contribution in [0.2, 0.25) is 0 Å². The van der Waals surface area contributed by atoms with Crippen molar-refractivity contribution in [3.63, 3.8) is 0 Å². The molecule has 0 atom stereocenters. The molecule has 1 aromatic carbocycles. The number of hydrogen-bond donors (Lipinski definition) is 1. The highest BCUT2D eigenvalue weighted by Crippen LogP contribution is 2.25. The fourth-order valence-electron chi connectivity index (χ4n) is 3.13. The number of anilines is 1. The van der Waals surface area contributed by atoms with Gasteiger partial charge in [-0.3, -0.25) is 14.6 Å². The van der Waals surface area contributed by atoms with Crippen LogP contribution in [-0.4, -0.2) is 34.8 Å². The van der Waals surface area contributed by atoms with E-state index in [4.69, 9.17) is 0 Å². The Kier molecular flexibility index (Phi) is 4.28. The van der Waals surface area contributed by atoms with Crippen molar-refractivity contribution >= 4 is 28.4 Å². The second-order valence-electron chi connectivity index (χ2n) is 6.16. The van der Waals surface area contributed by atoms with E-state index in [1.165, 1.54) is 0 Å². The Hall–Kier alpha value is -2.43. The summed E-state index contributed by atoms with van der Waals surface area (Å²) >= 11 is 0. The number of rotatable bonds is 2. The van der Waals surface area contributed by atoms with E-state index in [2.05, 4.69) is 16.4 Å². The molecule has 5 nitrogen and oxygen atoms in total. The van der Waals surface area contributed by atoms with Gasteiger partial charge in [0.1, 0.15) is 0 Å². The standard InChI is InChI=1S/C18H21N3O2/c1-12-10-15-4-3-7-19-17(15)16(11-12)20-18(23)14-5-8-21(9-6-14)13(2)22/h3-4,7,10-11,14H,5-6,8-9H2,1-2H3,(H,20,23). The number of hydrogen-bond acceptors (Lipinski definition) is 3. The molecule has 3 rings (SSSR count). The highest BCUT2D eigenvalue weighted by molar-refractivity contribution is 6.01. The summed E-state index contributed by atoms with van der Waals surface area (Å²) in [7, 11) is 0. The first-order valence-corrected chi connectivity index (χ1v) is 7.96. The van der Waals surface area contributed by atoms with Crippen molar-refractivity contribution in [1.29, 1.82) is 0 Å². The lowest BCUT2D eigenvalue weighted by atomic mass is 9.95. The zero-order valence-corrected chi connectivity index (χ0v) is 13.5. The smallest absolute Gasteiger partial charge is 0.227 e. The first-order valence-electron chi connectivity index (χ1n) is 7.96. The molecule has 1 aliphatic rings. The van der Waals surface area contributed by atoms with Crippen molar-refractivity contribution < 1.29 is 9.59 Å². The number of aromatic nitrogens is 1. The van der Waals surface area contributed by atoms with Crippen molar-refractivity contribution in [2.24, 2.45) is 5.92 Å². The third-order valence-corrected chi connectivity index (χ3v) is 4.42. The van der Waals surface area contributed by atoms with Crippen LogP contribution in [0.3, 0.4) is 0 Å². The Balaban J connectivity index is 1.75. The van der Waals surface area contributed by atoms with E-state index in [9.17, 15) is 9.59 Å². The average Bonchev–Trinajstić information content (AvgIpc) is 2.54. The summed E-state index contributed by atoms with van der Waals surface area (Å²) in [6.45, 7) is 4.89. The van der Waals surface area contributed by atoms with Gasteiger partial charge < -0.3 is 10.2 Å². The Bertz CT molecular complexity index is 749. The summed E-state index contributed by atoms with van der Waals surface area (Å²) in [5.74, 6) is 0.0494. The van der Waals surface area contributed by atoms with E-state index in [1.54, 1.807) is 18.0 Å². The summed E-state index contributed by atoms with van der Waals surface area (Å²) in [4.78, 5) is 30.1. The minimum atomic E-state index is -0.0510. The Morgan fingerprint density at radius 2 is 2.00 bits per heavy atom. The molecule has 2 aromatic rings. The van der Waals surface area contributed by atoms with Crippen LogP contribution in [0, 0.1) is 12.8 Å². The molecule has 1 N–H and O–H groups in total. The Labute approximate surface area is 135 Å². The molecule has 23 heavy (non-hydrogen) atoms. The van der Waals surface area contributed by atoms with Crippen molar-refractivity contribution in [2.75, 3.05) is 18.4 Å². The fourth-order valence-corrected chi connectivity index (χ4v) is 3.13. The van der Waals surface area contributed by atoms with Crippen LogP contribution in [0.4, 0.5) is 5.69 Å². The number of aryl methyl sites for hydroxylation is 1. The summed E-state index contributed by atoms with van der Waals surface area (Å²) in [6, 6.07) is 7.91. The number of pyridine rings is 1. The lowest BCUT2D eigenvalue weighted by molar-refractivity contribution is -0.132. The number of nitrogens with zero attached hydrogens (tertiary/aromatic N) is 2. The molecule has 120 valence electrons. The van der Waals surface area contributed by atoms with Gasteiger partial charge in [-0.05, 0) is 43.5 Å². The van der Waals surface area contributed by atoms with Gasteiger partial charge in [-0.25, -0.2) is 0 Å². The maximum absolute atomic E-state index is 12.6. The van der Waals surface area contributed by atoms with Crippen molar-refractivity contribution in [3.05, 3.63) is 36.0 Å². The molecule has 1 aliphatic heterocycles. The first kappa shape index (κ1) is 15.5. The number of likely N-dealkylation sites (tertiary alicyclic amines) is 1. The molecule has 0 bridgehead atoms. The fraction of sp³-hybridized carbons (Fsp3) is 0.389. The van der Waals surface area contributed by atoms with Crippen LogP contribution < -0.4 is 5.32 Å². The highest BCUT2D eigenvalue weighted by Gasteiger charge is 2.26. The lowest BCUT2D eigenvalue weighted by Crippen LogP contribution is -2.40. The van der Waals surface area contributed by atoms with E-state index >= 15 is 0 Å². The maximum atomic E-state index is 12.6. The molecule has 0 radical (unpaired) electrons. The second kappa shape index (κ2) is 6.36. The monoisotopic (exact) mass is 311 g/mol. The largest absolute Gasteiger partial charge is 0.343 e. The molecule has 1 saturated heterocycles. The molecule has 1 aromatic heterocycles. The maximum Gasteiger partial charge on any atom is 0.227 e. The molecule has 0 spiro atoms. The minimum Gasteiger partial charge on any atom is -0.343 e. The quantitative estimate of drug-likeness (QED) is 0.927. The van der Waals surface area contributed by atoms with Gasteiger partial charge in [0.05, 0.1) is 11.2 Å². The molecule has 0 aliphatic carbocycles. The van der Waals surface area contributed by atoms with Crippen LogP contribution in [-0.2, 0) is 9.59 Å². The van der Waals surface area contributed by atoms with Crippen LogP contribution in [0.1, 0.15) is 25.3 Å². The summed E-state index contributed by atoms with van der Waals surface area (Å²) in [5.41, 5.74) is 2.67. The van der Waals surface area contributed by atoms with Gasteiger partial charge in [0.15, 0.2) is 0 Å². The topological polar surface area (TPSA) is 62.3 Å². The lowest BCUT2D eigenvalue weighted by Gasteiger charge is -2.30. The van der Waals surface area contributed by atoms with Crippen LogP contribution in [0.15, 0.2) is 30.5 Å². The predicted octanol–water partition coefficient (Wildman–Crippen LogP) is 2.74. The zero-order valence-electron chi connectivity index (χ0n) is 13.5. The number of fused-ring (bicyclic) bond motifs is 1. The Morgan fingerprint density at radius 3 is 2.70 bits per heavy atom. The van der Waals surface area contributed by atoms with Crippen LogP contribution in [0.25, 0.3) is 10.9 Å². The van der Waals surface area contributed by atoms with Gasteiger partial charge in [0, 0.05) is 37.5 Å². The molecular formula is C18H21N3O2. The third kappa shape index (κ3) is 3.33. The van der Waals surface area contributed by atoms with Gasteiger partial charge in [0.25, 0.3) is 0 Å². The number of carbonyl (C=O) groups is 2. The summed E-state index contributed by atoms with van der Waals surface area (Å²) in [5, 5.41) is 4.06. The molecule has 1 fully saturated rings. The zero-order chi connectivity index (χ0) is 16.4. The molecule has 5 heteroatoms. The molecule has 2 amide bonds. The van der Waals surface area contributed by atoms with E-state index in [1.807, 2.05) is 25.1 Å². The molecule has 0 saturated carbocycles. The van der Waals surface area contributed by atoms with Gasteiger partial charge in [-0.1, -0.05) is 6.07 Å². The van der Waals surface area contributed by atoms with E-state index in [0.717, 1.165) is 22.2 Å². The number of amides is 2. The third-order valence-electron chi connectivity index (χ3n) is 4.42. The molecule has 0 unspecified atom stereocenters. The van der Waals surface area contributed by atoms with Crippen molar-refractivity contribution in [3.8, 4) is 0 Å². The van der Waals surface area contributed by atoms with Gasteiger partial charge >= 0.3 is 0 Å². The van der Waals surface area contributed by atoms with E-state index < -0.39 is 0 Å². The number of nitrogens with one attached hydrogen (secondary N) is 1.